The minimum atomic E-state index is -0.0575. The van der Waals surface area contributed by atoms with Crippen LogP contribution in [0.2, 0.25) is 0 Å². The van der Waals surface area contributed by atoms with Gasteiger partial charge in [0.05, 0.1) is 11.3 Å². The molecule has 102 valence electrons. The summed E-state index contributed by atoms with van der Waals surface area (Å²) < 4.78 is 0. The van der Waals surface area contributed by atoms with Gasteiger partial charge in [0.2, 0.25) is 5.91 Å². The number of amides is 1. The van der Waals surface area contributed by atoms with Crippen LogP contribution in [-0.4, -0.2) is 30.4 Å². The molecule has 0 aliphatic carbocycles. The van der Waals surface area contributed by atoms with Gasteiger partial charge in [0.15, 0.2) is 0 Å². The molecule has 1 aromatic rings. The summed E-state index contributed by atoms with van der Waals surface area (Å²) in [6.07, 6.45) is 1.50. The largest absolute Gasteiger partial charge is 0.325 e. The zero-order valence-corrected chi connectivity index (χ0v) is 11.8. The molecular formula is C15H21N3O. The van der Waals surface area contributed by atoms with Crippen molar-refractivity contribution >= 4 is 11.6 Å². The Morgan fingerprint density at radius 1 is 1.47 bits per heavy atom. The third kappa shape index (κ3) is 4.72. The van der Waals surface area contributed by atoms with Gasteiger partial charge >= 0.3 is 0 Å². The van der Waals surface area contributed by atoms with Crippen LogP contribution in [0.1, 0.15) is 32.3 Å². The highest BCUT2D eigenvalue weighted by atomic mass is 16.1. The van der Waals surface area contributed by atoms with E-state index in [1.807, 2.05) is 13.1 Å². The zero-order valence-electron chi connectivity index (χ0n) is 11.8. The minimum Gasteiger partial charge on any atom is -0.325 e. The number of nitrogens with one attached hydrogen (secondary N) is 1. The summed E-state index contributed by atoms with van der Waals surface area (Å²) in [5, 5.41) is 11.7. The topological polar surface area (TPSA) is 56.1 Å². The van der Waals surface area contributed by atoms with Gasteiger partial charge in [-0.3, -0.25) is 4.79 Å². The third-order valence-corrected chi connectivity index (χ3v) is 3.36. The van der Waals surface area contributed by atoms with Crippen LogP contribution in [0.4, 0.5) is 5.69 Å². The van der Waals surface area contributed by atoms with Gasteiger partial charge in [-0.15, -0.1) is 0 Å². The molecule has 0 spiro atoms. The highest BCUT2D eigenvalue weighted by Gasteiger charge is 2.10. The average Bonchev–Trinajstić information content (AvgIpc) is 2.44. The van der Waals surface area contributed by atoms with Gasteiger partial charge in [0.1, 0.15) is 6.07 Å². The molecule has 1 aromatic carbocycles. The molecule has 0 heterocycles. The van der Waals surface area contributed by atoms with Crippen LogP contribution in [0.3, 0.4) is 0 Å². The Balaban J connectivity index is 2.50. The molecule has 1 rings (SSSR count). The molecular weight excluding hydrogens is 238 g/mol. The second kappa shape index (κ2) is 7.55. The number of para-hydroxylation sites is 1. The summed E-state index contributed by atoms with van der Waals surface area (Å²) in [7, 11) is 2.02. The number of carbonyl (C=O) groups excluding carboxylic acids is 1. The summed E-state index contributed by atoms with van der Waals surface area (Å²) in [4.78, 5) is 14.0. The molecule has 0 fully saturated rings. The van der Waals surface area contributed by atoms with Crippen LogP contribution in [0.5, 0.6) is 0 Å². The van der Waals surface area contributed by atoms with Gasteiger partial charge in [-0.1, -0.05) is 19.1 Å². The lowest BCUT2D eigenvalue weighted by molar-refractivity contribution is -0.116. The summed E-state index contributed by atoms with van der Waals surface area (Å²) in [5.41, 5.74) is 1.08. The van der Waals surface area contributed by atoms with E-state index in [0.717, 1.165) is 13.0 Å². The molecule has 0 radical (unpaired) electrons. The molecule has 0 saturated heterocycles. The lowest BCUT2D eigenvalue weighted by atomic mass is 10.2. The van der Waals surface area contributed by atoms with Crippen LogP contribution in [0.15, 0.2) is 24.3 Å². The predicted octanol–water partition coefficient (Wildman–Crippen LogP) is 2.62. The molecule has 0 aromatic heterocycles. The first-order valence-electron chi connectivity index (χ1n) is 6.57. The second-order valence-corrected chi connectivity index (χ2v) is 4.69. The summed E-state index contributed by atoms with van der Waals surface area (Å²) in [6.45, 7) is 4.99. The van der Waals surface area contributed by atoms with E-state index < -0.39 is 0 Å². The van der Waals surface area contributed by atoms with Gasteiger partial charge in [0, 0.05) is 19.0 Å². The maximum Gasteiger partial charge on any atom is 0.225 e. The van der Waals surface area contributed by atoms with Crippen LogP contribution in [0, 0.1) is 11.3 Å². The van der Waals surface area contributed by atoms with E-state index >= 15 is 0 Å². The Morgan fingerprint density at radius 3 is 2.79 bits per heavy atom. The monoisotopic (exact) mass is 259 g/mol. The van der Waals surface area contributed by atoms with Crippen molar-refractivity contribution in [2.45, 2.75) is 32.7 Å². The molecule has 1 atom stereocenters. The summed E-state index contributed by atoms with van der Waals surface area (Å²) >= 11 is 0. The molecule has 4 heteroatoms. The first-order chi connectivity index (χ1) is 9.08. The fourth-order valence-electron chi connectivity index (χ4n) is 1.71. The molecule has 0 saturated carbocycles. The molecule has 0 aliphatic heterocycles. The van der Waals surface area contributed by atoms with Gasteiger partial charge in [-0.05, 0) is 32.5 Å². The first-order valence-corrected chi connectivity index (χ1v) is 6.57. The average molecular weight is 259 g/mol. The van der Waals surface area contributed by atoms with E-state index in [1.54, 1.807) is 18.2 Å². The maximum absolute atomic E-state index is 11.8. The minimum absolute atomic E-state index is 0.0575. The van der Waals surface area contributed by atoms with Crippen LogP contribution >= 0.6 is 0 Å². The van der Waals surface area contributed by atoms with Gasteiger partial charge in [-0.2, -0.15) is 5.26 Å². The SMILES string of the molecule is CCC(C)N(C)CCC(=O)Nc1ccccc1C#N. The number of carbonyl (C=O) groups is 1. The number of anilines is 1. The normalized spacial score (nSPS) is 11.9. The molecule has 1 unspecified atom stereocenters. The number of nitrogens with zero attached hydrogens (tertiary/aromatic N) is 2. The quantitative estimate of drug-likeness (QED) is 0.854. The molecule has 0 aliphatic rings. The zero-order chi connectivity index (χ0) is 14.3. The first kappa shape index (κ1) is 15.2. The number of nitriles is 1. The fourth-order valence-corrected chi connectivity index (χ4v) is 1.71. The summed E-state index contributed by atoms with van der Waals surface area (Å²) in [6, 6.07) is 9.57. The van der Waals surface area contributed by atoms with Crippen molar-refractivity contribution in [3.05, 3.63) is 29.8 Å². The molecule has 19 heavy (non-hydrogen) atoms. The van der Waals surface area contributed by atoms with E-state index in [2.05, 4.69) is 30.1 Å². The van der Waals surface area contributed by atoms with Crippen LogP contribution in [-0.2, 0) is 4.79 Å². The van der Waals surface area contributed by atoms with Crippen molar-refractivity contribution in [3.8, 4) is 6.07 Å². The number of rotatable bonds is 6. The second-order valence-electron chi connectivity index (χ2n) is 4.69. The van der Waals surface area contributed by atoms with Gasteiger partial charge in [-0.25, -0.2) is 0 Å². The van der Waals surface area contributed by atoms with Crippen molar-refractivity contribution < 1.29 is 4.79 Å². The Hall–Kier alpha value is -1.86. The Bertz CT molecular complexity index is 465. The molecule has 4 nitrogen and oxygen atoms in total. The Labute approximate surface area is 115 Å². The predicted molar refractivity (Wildman–Crippen MR) is 76.8 cm³/mol. The fraction of sp³-hybridized carbons (Fsp3) is 0.467. The lowest BCUT2D eigenvalue weighted by Gasteiger charge is -2.23. The van der Waals surface area contributed by atoms with Crippen molar-refractivity contribution in [2.24, 2.45) is 0 Å². The van der Waals surface area contributed by atoms with E-state index in [1.165, 1.54) is 0 Å². The lowest BCUT2D eigenvalue weighted by Crippen LogP contribution is -2.31. The van der Waals surface area contributed by atoms with Crippen molar-refractivity contribution in [2.75, 3.05) is 18.9 Å². The Morgan fingerprint density at radius 2 is 2.16 bits per heavy atom. The van der Waals surface area contributed by atoms with Gasteiger partial charge < -0.3 is 10.2 Å². The molecule has 1 N–H and O–H groups in total. The standard InChI is InChI=1S/C15H21N3O/c1-4-12(2)18(3)10-9-15(19)17-14-8-6-5-7-13(14)11-16/h5-8,12H,4,9-10H2,1-3H3,(H,17,19). The molecule has 1 amide bonds. The van der Waals surface area contributed by atoms with Crippen molar-refractivity contribution in [3.63, 3.8) is 0 Å². The highest BCUT2D eigenvalue weighted by Crippen LogP contribution is 2.13. The van der Waals surface area contributed by atoms with E-state index in [0.29, 0.717) is 23.7 Å². The number of benzene rings is 1. The number of hydrogen-bond acceptors (Lipinski definition) is 3. The smallest absolute Gasteiger partial charge is 0.225 e. The van der Waals surface area contributed by atoms with Gasteiger partial charge in [0.25, 0.3) is 0 Å². The number of hydrogen-bond donors (Lipinski definition) is 1. The van der Waals surface area contributed by atoms with Crippen molar-refractivity contribution in [1.82, 2.24) is 4.90 Å². The third-order valence-electron chi connectivity index (χ3n) is 3.36. The van der Waals surface area contributed by atoms with Crippen molar-refractivity contribution in [1.29, 1.82) is 5.26 Å². The Kier molecular flexibility index (Phi) is 6.04. The van der Waals surface area contributed by atoms with E-state index in [4.69, 9.17) is 5.26 Å². The van der Waals surface area contributed by atoms with Crippen LogP contribution in [0.25, 0.3) is 0 Å². The van der Waals surface area contributed by atoms with E-state index in [9.17, 15) is 4.79 Å². The summed E-state index contributed by atoms with van der Waals surface area (Å²) in [5.74, 6) is -0.0575. The highest BCUT2D eigenvalue weighted by molar-refractivity contribution is 5.92. The maximum atomic E-state index is 11.8. The molecule has 0 bridgehead atoms. The van der Waals surface area contributed by atoms with Crippen LogP contribution < -0.4 is 5.32 Å². The van der Waals surface area contributed by atoms with E-state index in [-0.39, 0.29) is 5.91 Å².